The van der Waals surface area contributed by atoms with E-state index in [-0.39, 0.29) is 5.82 Å². The second kappa shape index (κ2) is 6.00. The van der Waals surface area contributed by atoms with E-state index in [1.54, 1.807) is 0 Å². The summed E-state index contributed by atoms with van der Waals surface area (Å²) in [7, 11) is 0. The number of aliphatic hydroxyl groups is 1. The van der Waals surface area contributed by atoms with Crippen molar-refractivity contribution in [1.82, 2.24) is 0 Å². The van der Waals surface area contributed by atoms with E-state index in [1.807, 2.05) is 13.0 Å². The van der Waals surface area contributed by atoms with Crippen LogP contribution in [0, 0.1) is 18.7 Å². The molecule has 1 nitrogen and oxygen atoms in total. The molecule has 0 fully saturated rings. The maximum Gasteiger partial charge on any atom is 0.123 e. The molecule has 1 rings (SSSR count). The molecule has 0 aromatic heterocycles. The average Bonchev–Trinajstić information content (AvgIpc) is 2.24. The number of benzene rings is 1. The Hall–Kier alpha value is -0.890. The van der Waals surface area contributed by atoms with Crippen LogP contribution >= 0.6 is 0 Å². The largest absolute Gasteiger partial charge is 0.388 e. The van der Waals surface area contributed by atoms with Crippen molar-refractivity contribution in [2.75, 3.05) is 0 Å². The van der Waals surface area contributed by atoms with Gasteiger partial charge in [0.25, 0.3) is 0 Å². The zero-order chi connectivity index (χ0) is 12.1. The first-order valence-electron chi connectivity index (χ1n) is 6.02. The molecule has 2 heteroatoms. The third-order valence-corrected chi connectivity index (χ3v) is 3.16. The zero-order valence-corrected chi connectivity index (χ0v) is 10.3. The topological polar surface area (TPSA) is 20.2 Å². The predicted molar refractivity (Wildman–Crippen MR) is 64.8 cm³/mol. The van der Waals surface area contributed by atoms with Gasteiger partial charge in [0.15, 0.2) is 0 Å². The Kier molecular flexibility index (Phi) is 4.94. The van der Waals surface area contributed by atoms with Gasteiger partial charge in [-0.2, -0.15) is 0 Å². The Labute approximate surface area is 97.3 Å². The van der Waals surface area contributed by atoms with E-state index in [9.17, 15) is 9.50 Å². The van der Waals surface area contributed by atoms with Crippen LogP contribution in [0.25, 0.3) is 0 Å². The van der Waals surface area contributed by atoms with Gasteiger partial charge in [0.2, 0.25) is 0 Å². The molecule has 1 aromatic carbocycles. The van der Waals surface area contributed by atoms with Gasteiger partial charge in [0.05, 0.1) is 6.10 Å². The second-order valence-electron chi connectivity index (χ2n) is 4.50. The Balaban J connectivity index is 2.75. The van der Waals surface area contributed by atoms with Gasteiger partial charge in [-0.3, -0.25) is 0 Å². The molecule has 16 heavy (non-hydrogen) atoms. The summed E-state index contributed by atoms with van der Waals surface area (Å²) in [6.07, 6.45) is 2.29. The van der Waals surface area contributed by atoms with E-state index in [2.05, 4.69) is 13.8 Å². The van der Waals surface area contributed by atoms with E-state index in [0.29, 0.717) is 11.5 Å². The first-order chi connectivity index (χ1) is 7.56. The van der Waals surface area contributed by atoms with Crippen molar-refractivity contribution in [3.8, 4) is 0 Å². The highest BCUT2D eigenvalue weighted by Gasteiger charge is 2.14. The van der Waals surface area contributed by atoms with Gasteiger partial charge >= 0.3 is 0 Å². The van der Waals surface area contributed by atoms with Gasteiger partial charge < -0.3 is 5.11 Å². The van der Waals surface area contributed by atoms with E-state index in [1.165, 1.54) is 12.1 Å². The standard InChI is InChI=1S/C14H21FO/c1-4-11(5-2)8-14(16)12-6-10(3)7-13(15)9-12/h6-7,9,11,14,16H,4-5,8H2,1-3H3. The van der Waals surface area contributed by atoms with Crippen LogP contribution in [0.15, 0.2) is 18.2 Å². The fourth-order valence-electron chi connectivity index (χ4n) is 2.03. The van der Waals surface area contributed by atoms with Crippen molar-refractivity contribution < 1.29 is 9.50 Å². The minimum Gasteiger partial charge on any atom is -0.388 e. The summed E-state index contributed by atoms with van der Waals surface area (Å²) >= 11 is 0. The van der Waals surface area contributed by atoms with Crippen LogP contribution in [0.2, 0.25) is 0 Å². The van der Waals surface area contributed by atoms with E-state index in [0.717, 1.165) is 24.8 Å². The van der Waals surface area contributed by atoms with Gasteiger partial charge in [0, 0.05) is 0 Å². The molecule has 0 aliphatic heterocycles. The molecule has 0 aliphatic carbocycles. The lowest BCUT2D eigenvalue weighted by atomic mass is 9.92. The fourth-order valence-corrected chi connectivity index (χ4v) is 2.03. The molecule has 1 aromatic rings. The molecular weight excluding hydrogens is 203 g/mol. The van der Waals surface area contributed by atoms with Crippen LogP contribution < -0.4 is 0 Å². The average molecular weight is 224 g/mol. The molecule has 0 radical (unpaired) electrons. The molecule has 1 unspecified atom stereocenters. The Morgan fingerprint density at radius 2 is 1.81 bits per heavy atom. The van der Waals surface area contributed by atoms with Crippen molar-refractivity contribution in [2.45, 2.75) is 46.1 Å². The zero-order valence-electron chi connectivity index (χ0n) is 10.3. The highest BCUT2D eigenvalue weighted by molar-refractivity contribution is 5.25. The SMILES string of the molecule is CCC(CC)CC(O)c1cc(C)cc(F)c1. The van der Waals surface area contributed by atoms with Crippen molar-refractivity contribution in [3.63, 3.8) is 0 Å². The summed E-state index contributed by atoms with van der Waals surface area (Å²) in [5, 5.41) is 10.0. The van der Waals surface area contributed by atoms with Gasteiger partial charge in [-0.05, 0) is 42.5 Å². The monoisotopic (exact) mass is 224 g/mol. The number of rotatable bonds is 5. The summed E-state index contributed by atoms with van der Waals surface area (Å²) < 4.78 is 13.2. The molecule has 1 atom stereocenters. The normalized spacial score (nSPS) is 13.1. The molecule has 0 saturated carbocycles. The summed E-state index contributed by atoms with van der Waals surface area (Å²) in [4.78, 5) is 0. The third-order valence-electron chi connectivity index (χ3n) is 3.16. The van der Waals surface area contributed by atoms with Gasteiger partial charge in [-0.25, -0.2) is 4.39 Å². The Morgan fingerprint density at radius 1 is 1.19 bits per heavy atom. The van der Waals surface area contributed by atoms with Crippen molar-refractivity contribution in [1.29, 1.82) is 0 Å². The lowest BCUT2D eigenvalue weighted by molar-refractivity contribution is 0.141. The maximum atomic E-state index is 13.2. The van der Waals surface area contributed by atoms with Crippen molar-refractivity contribution in [2.24, 2.45) is 5.92 Å². The van der Waals surface area contributed by atoms with Gasteiger partial charge in [-0.1, -0.05) is 32.8 Å². The number of hydrogen-bond donors (Lipinski definition) is 1. The molecule has 0 saturated heterocycles. The predicted octanol–water partition coefficient (Wildman–Crippen LogP) is 3.99. The molecule has 0 heterocycles. The second-order valence-corrected chi connectivity index (χ2v) is 4.50. The fraction of sp³-hybridized carbons (Fsp3) is 0.571. The molecule has 0 spiro atoms. The molecule has 0 bridgehead atoms. The van der Waals surface area contributed by atoms with E-state index in [4.69, 9.17) is 0 Å². The summed E-state index contributed by atoms with van der Waals surface area (Å²) in [6, 6.07) is 4.77. The third kappa shape index (κ3) is 3.60. The van der Waals surface area contributed by atoms with E-state index >= 15 is 0 Å². The van der Waals surface area contributed by atoms with Crippen LogP contribution in [0.4, 0.5) is 4.39 Å². The summed E-state index contributed by atoms with van der Waals surface area (Å²) in [5.74, 6) is 0.247. The van der Waals surface area contributed by atoms with Crippen LogP contribution in [0.3, 0.4) is 0 Å². The summed E-state index contributed by atoms with van der Waals surface area (Å²) in [5.41, 5.74) is 1.56. The minimum absolute atomic E-state index is 0.265. The summed E-state index contributed by atoms with van der Waals surface area (Å²) in [6.45, 7) is 6.09. The maximum absolute atomic E-state index is 13.2. The van der Waals surface area contributed by atoms with Crippen LogP contribution in [-0.2, 0) is 0 Å². The molecule has 1 N–H and O–H groups in total. The van der Waals surface area contributed by atoms with Crippen LogP contribution in [0.1, 0.15) is 50.3 Å². The first kappa shape index (κ1) is 13.2. The smallest absolute Gasteiger partial charge is 0.123 e. The lowest BCUT2D eigenvalue weighted by Gasteiger charge is -2.18. The minimum atomic E-state index is -0.542. The van der Waals surface area contributed by atoms with Crippen LogP contribution in [-0.4, -0.2) is 5.11 Å². The molecule has 0 amide bonds. The molecular formula is C14H21FO. The molecule has 0 aliphatic rings. The Morgan fingerprint density at radius 3 is 2.31 bits per heavy atom. The van der Waals surface area contributed by atoms with E-state index < -0.39 is 6.10 Å². The number of halogens is 1. The Bertz CT molecular complexity index is 311. The quantitative estimate of drug-likeness (QED) is 0.801. The van der Waals surface area contributed by atoms with Crippen molar-refractivity contribution >= 4 is 0 Å². The number of aliphatic hydroxyl groups excluding tert-OH is 1. The van der Waals surface area contributed by atoms with Crippen molar-refractivity contribution in [3.05, 3.63) is 35.1 Å². The first-order valence-corrected chi connectivity index (χ1v) is 6.02. The van der Waals surface area contributed by atoms with Gasteiger partial charge in [0.1, 0.15) is 5.82 Å². The molecule has 90 valence electrons. The van der Waals surface area contributed by atoms with Gasteiger partial charge in [-0.15, -0.1) is 0 Å². The lowest BCUT2D eigenvalue weighted by Crippen LogP contribution is -2.06. The number of aryl methyl sites for hydroxylation is 1. The highest BCUT2D eigenvalue weighted by atomic mass is 19.1. The van der Waals surface area contributed by atoms with Crippen LogP contribution in [0.5, 0.6) is 0 Å². The number of hydrogen-bond acceptors (Lipinski definition) is 1. The highest BCUT2D eigenvalue weighted by Crippen LogP contribution is 2.26.